The first-order valence-electron chi connectivity index (χ1n) is 5.07. The van der Waals surface area contributed by atoms with E-state index in [-0.39, 0.29) is 0 Å². The topological polar surface area (TPSA) is 21.7 Å². The van der Waals surface area contributed by atoms with Gasteiger partial charge in [-0.1, -0.05) is 12.1 Å². The van der Waals surface area contributed by atoms with E-state index in [1.807, 2.05) is 24.3 Å². The number of rotatable bonds is 7. The van der Waals surface area contributed by atoms with Crippen LogP contribution in [-0.4, -0.2) is 40.5 Å². The molecule has 0 aromatic heterocycles. The zero-order valence-electron chi connectivity index (χ0n) is 9.40. The quantitative estimate of drug-likeness (QED) is 0.679. The third-order valence-electron chi connectivity index (χ3n) is 2.20. The van der Waals surface area contributed by atoms with Crippen molar-refractivity contribution in [2.45, 2.75) is 0 Å². The molecule has 0 aliphatic heterocycles. The first kappa shape index (κ1) is 12.0. The normalized spacial score (nSPS) is 10.3. The molecule has 1 radical (unpaired) electrons. The Morgan fingerprint density at radius 3 is 2.07 bits per heavy atom. The van der Waals surface area contributed by atoms with Gasteiger partial charge in [0.05, 0.1) is 13.2 Å². The van der Waals surface area contributed by atoms with Gasteiger partial charge in [-0.15, -0.1) is 0 Å². The Morgan fingerprint density at radius 1 is 1.07 bits per heavy atom. The van der Waals surface area contributed by atoms with Crippen molar-refractivity contribution in [3.8, 4) is 0 Å². The van der Waals surface area contributed by atoms with E-state index in [2.05, 4.69) is 11.0 Å². The van der Waals surface area contributed by atoms with Crippen LogP contribution in [0.2, 0.25) is 0 Å². The average molecular weight is 208 g/mol. The zero-order chi connectivity index (χ0) is 10.9. The average Bonchev–Trinajstić information content (AvgIpc) is 2.30. The second-order valence-electron chi connectivity index (χ2n) is 3.23. The molecule has 1 aromatic rings. The zero-order valence-corrected chi connectivity index (χ0v) is 9.40. The lowest BCUT2D eigenvalue weighted by Crippen LogP contribution is -2.30. The molecule has 83 valence electrons. The lowest BCUT2D eigenvalue weighted by atomic mass is 10.3. The van der Waals surface area contributed by atoms with Crippen LogP contribution >= 0.6 is 0 Å². The molecule has 0 aliphatic rings. The van der Waals surface area contributed by atoms with E-state index in [0.29, 0.717) is 0 Å². The summed E-state index contributed by atoms with van der Waals surface area (Å²) >= 11 is 0. The van der Waals surface area contributed by atoms with Crippen molar-refractivity contribution in [1.82, 2.24) is 0 Å². The van der Waals surface area contributed by atoms with Crippen molar-refractivity contribution >= 4 is 5.69 Å². The van der Waals surface area contributed by atoms with Gasteiger partial charge in [-0.05, 0) is 18.2 Å². The van der Waals surface area contributed by atoms with Crippen LogP contribution in [0.4, 0.5) is 5.69 Å². The van der Waals surface area contributed by atoms with Gasteiger partial charge in [-0.2, -0.15) is 0 Å². The molecule has 0 amide bonds. The van der Waals surface area contributed by atoms with E-state index in [1.54, 1.807) is 14.2 Å². The standard InChI is InChI=1S/C12H18NO2/c1-14-10-8-13(9-11-15-2)12-6-4-3-5-7-12/h4-7H,8-11H2,1-2H3. The molecule has 0 fully saturated rings. The maximum Gasteiger partial charge on any atom is 0.0637 e. The minimum absolute atomic E-state index is 0.725. The highest BCUT2D eigenvalue weighted by molar-refractivity contribution is 5.45. The SMILES string of the molecule is COCCN(CCOC)c1cc[c]cc1. The molecular weight excluding hydrogens is 190 g/mol. The summed E-state index contributed by atoms with van der Waals surface area (Å²) in [4.78, 5) is 2.24. The van der Waals surface area contributed by atoms with Crippen LogP contribution in [0.1, 0.15) is 0 Å². The van der Waals surface area contributed by atoms with E-state index < -0.39 is 0 Å². The second-order valence-corrected chi connectivity index (χ2v) is 3.23. The molecular formula is C12H18NO2. The Morgan fingerprint density at radius 2 is 1.60 bits per heavy atom. The van der Waals surface area contributed by atoms with Gasteiger partial charge < -0.3 is 14.4 Å². The van der Waals surface area contributed by atoms with Crippen molar-refractivity contribution in [3.63, 3.8) is 0 Å². The van der Waals surface area contributed by atoms with Crippen LogP contribution < -0.4 is 4.90 Å². The fourth-order valence-corrected chi connectivity index (χ4v) is 1.36. The minimum Gasteiger partial charge on any atom is -0.383 e. The van der Waals surface area contributed by atoms with Gasteiger partial charge in [0.1, 0.15) is 0 Å². The summed E-state index contributed by atoms with van der Waals surface area (Å²) in [5.41, 5.74) is 1.18. The highest BCUT2D eigenvalue weighted by Gasteiger charge is 2.04. The predicted octanol–water partition coefficient (Wildman–Crippen LogP) is 1.59. The molecule has 0 heterocycles. The molecule has 1 rings (SSSR count). The summed E-state index contributed by atoms with van der Waals surface area (Å²) < 4.78 is 10.2. The Balaban J connectivity index is 2.55. The van der Waals surface area contributed by atoms with Crippen LogP contribution in [0.25, 0.3) is 0 Å². The molecule has 0 N–H and O–H groups in total. The van der Waals surface area contributed by atoms with Gasteiger partial charge in [0, 0.05) is 33.0 Å². The van der Waals surface area contributed by atoms with Crippen molar-refractivity contribution in [2.24, 2.45) is 0 Å². The maximum absolute atomic E-state index is 5.08. The molecule has 0 saturated heterocycles. The molecule has 3 heteroatoms. The Hall–Kier alpha value is -1.06. The van der Waals surface area contributed by atoms with E-state index >= 15 is 0 Å². The van der Waals surface area contributed by atoms with Gasteiger partial charge >= 0.3 is 0 Å². The number of methoxy groups -OCH3 is 2. The Bertz CT molecular complexity index is 243. The van der Waals surface area contributed by atoms with Crippen LogP contribution in [-0.2, 0) is 9.47 Å². The number of hydrogen-bond acceptors (Lipinski definition) is 3. The second kappa shape index (κ2) is 7.26. The van der Waals surface area contributed by atoms with Gasteiger partial charge in [0.2, 0.25) is 0 Å². The summed E-state index contributed by atoms with van der Waals surface area (Å²) in [6.07, 6.45) is 0. The summed E-state index contributed by atoms with van der Waals surface area (Å²) in [7, 11) is 3.43. The van der Waals surface area contributed by atoms with E-state index in [4.69, 9.17) is 9.47 Å². The van der Waals surface area contributed by atoms with E-state index in [9.17, 15) is 0 Å². The Kier molecular flexibility index (Phi) is 5.81. The van der Waals surface area contributed by atoms with E-state index in [0.717, 1.165) is 26.3 Å². The maximum atomic E-state index is 5.08. The lowest BCUT2D eigenvalue weighted by Gasteiger charge is -2.24. The molecule has 0 spiro atoms. The van der Waals surface area contributed by atoms with Crippen LogP contribution in [0.5, 0.6) is 0 Å². The number of anilines is 1. The van der Waals surface area contributed by atoms with Crippen LogP contribution in [0.3, 0.4) is 0 Å². The number of nitrogens with zero attached hydrogens (tertiary/aromatic N) is 1. The molecule has 0 bridgehead atoms. The molecule has 1 aromatic carbocycles. The third-order valence-corrected chi connectivity index (χ3v) is 2.20. The fourth-order valence-electron chi connectivity index (χ4n) is 1.36. The molecule has 0 aliphatic carbocycles. The van der Waals surface area contributed by atoms with Gasteiger partial charge in [-0.25, -0.2) is 0 Å². The summed E-state index contributed by atoms with van der Waals surface area (Å²) in [6.45, 7) is 3.21. The molecule has 3 nitrogen and oxygen atoms in total. The first-order chi connectivity index (χ1) is 7.38. The highest BCUT2D eigenvalue weighted by Crippen LogP contribution is 2.11. The van der Waals surface area contributed by atoms with Crippen LogP contribution in [0, 0.1) is 6.07 Å². The number of ether oxygens (including phenoxy) is 2. The van der Waals surface area contributed by atoms with Crippen molar-refractivity contribution in [1.29, 1.82) is 0 Å². The fraction of sp³-hybridized carbons (Fsp3) is 0.500. The molecule has 15 heavy (non-hydrogen) atoms. The van der Waals surface area contributed by atoms with Gasteiger partial charge in [0.25, 0.3) is 0 Å². The van der Waals surface area contributed by atoms with E-state index in [1.165, 1.54) is 5.69 Å². The largest absolute Gasteiger partial charge is 0.383 e. The molecule has 0 unspecified atom stereocenters. The van der Waals surface area contributed by atoms with Crippen molar-refractivity contribution < 1.29 is 9.47 Å². The minimum atomic E-state index is 0.725. The lowest BCUT2D eigenvalue weighted by molar-refractivity contribution is 0.190. The van der Waals surface area contributed by atoms with Crippen LogP contribution in [0.15, 0.2) is 24.3 Å². The summed E-state index contributed by atoms with van der Waals surface area (Å²) in [5, 5.41) is 0. The number of benzene rings is 1. The number of hydrogen-bond donors (Lipinski definition) is 0. The monoisotopic (exact) mass is 208 g/mol. The van der Waals surface area contributed by atoms with Crippen molar-refractivity contribution in [3.05, 3.63) is 30.3 Å². The summed E-state index contributed by atoms with van der Waals surface area (Å²) in [6, 6.07) is 10.9. The van der Waals surface area contributed by atoms with Gasteiger partial charge in [0.15, 0.2) is 0 Å². The Labute approximate surface area is 91.6 Å². The van der Waals surface area contributed by atoms with Crippen molar-refractivity contribution in [2.75, 3.05) is 45.4 Å². The van der Waals surface area contributed by atoms with Gasteiger partial charge in [-0.3, -0.25) is 0 Å². The predicted molar refractivity (Wildman–Crippen MR) is 61.2 cm³/mol. The molecule has 0 saturated carbocycles. The smallest absolute Gasteiger partial charge is 0.0637 e. The third kappa shape index (κ3) is 4.32. The summed E-state index contributed by atoms with van der Waals surface area (Å²) in [5.74, 6) is 0. The molecule has 0 atom stereocenters. The first-order valence-corrected chi connectivity index (χ1v) is 5.07. The highest BCUT2D eigenvalue weighted by atomic mass is 16.5.